The van der Waals surface area contributed by atoms with E-state index in [1.54, 1.807) is 0 Å². The highest BCUT2D eigenvalue weighted by Gasteiger charge is 2.31. The second-order valence-electron chi connectivity index (χ2n) is 7.58. The van der Waals surface area contributed by atoms with Crippen molar-refractivity contribution in [3.8, 4) is 0 Å². The van der Waals surface area contributed by atoms with Crippen molar-refractivity contribution < 1.29 is 14.3 Å². The van der Waals surface area contributed by atoms with Crippen molar-refractivity contribution in [2.75, 3.05) is 0 Å². The van der Waals surface area contributed by atoms with Gasteiger partial charge in [-0.25, -0.2) is 4.79 Å². The van der Waals surface area contributed by atoms with Gasteiger partial charge in [-0.15, -0.1) is 0 Å². The molecule has 0 bridgehead atoms. The van der Waals surface area contributed by atoms with E-state index in [-0.39, 0.29) is 29.6 Å². The zero-order valence-corrected chi connectivity index (χ0v) is 14.7. The molecule has 1 unspecified atom stereocenters. The van der Waals surface area contributed by atoms with Crippen LogP contribution in [0.2, 0.25) is 0 Å². The van der Waals surface area contributed by atoms with Gasteiger partial charge in [-0.2, -0.15) is 0 Å². The van der Waals surface area contributed by atoms with Gasteiger partial charge in [-0.05, 0) is 43.2 Å². The second-order valence-corrected chi connectivity index (χ2v) is 7.58. The zero-order valence-electron chi connectivity index (χ0n) is 14.7. The molecule has 0 spiro atoms. The quantitative estimate of drug-likeness (QED) is 0.794. The molecule has 23 heavy (non-hydrogen) atoms. The zero-order chi connectivity index (χ0) is 17.0. The summed E-state index contributed by atoms with van der Waals surface area (Å²) in [6, 6.07) is 3.71. The van der Waals surface area contributed by atoms with Crippen molar-refractivity contribution in [3.63, 3.8) is 0 Å². The number of amides is 2. The Balaban J connectivity index is 1.99. The molecule has 1 aliphatic rings. The Labute approximate surface area is 138 Å². The maximum absolute atomic E-state index is 12.4. The fraction of sp³-hybridized carbons (Fsp3) is 0.722. The molecule has 1 aliphatic carbocycles. The lowest BCUT2D eigenvalue weighted by atomic mass is 9.85. The van der Waals surface area contributed by atoms with Gasteiger partial charge in [0, 0.05) is 12.5 Å². The molecule has 0 aromatic carbocycles. The molecule has 5 nitrogen and oxygen atoms in total. The van der Waals surface area contributed by atoms with E-state index < -0.39 is 0 Å². The van der Waals surface area contributed by atoms with Gasteiger partial charge in [0.1, 0.15) is 11.5 Å². The standard InChI is InChI=1S/C18H30N2O3/c1-5-14-10-11-15(23-14)16(18(2,3)4)20-17(22)19-12-6-8-13(21)9-7-12/h10-13,16,21H,5-9H2,1-4H3,(H2,19,20,22). The third-order valence-corrected chi connectivity index (χ3v) is 4.49. The minimum atomic E-state index is -0.214. The van der Waals surface area contributed by atoms with Gasteiger partial charge in [0.15, 0.2) is 0 Å². The van der Waals surface area contributed by atoms with Crippen molar-refractivity contribution in [2.24, 2.45) is 5.41 Å². The molecule has 1 saturated carbocycles. The Morgan fingerprint density at radius 2 is 1.96 bits per heavy atom. The van der Waals surface area contributed by atoms with Gasteiger partial charge in [-0.1, -0.05) is 27.7 Å². The first-order valence-electron chi connectivity index (χ1n) is 8.63. The second kappa shape index (κ2) is 7.39. The fourth-order valence-corrected chi connectivity index (χ4v) is 3.03. The number of nitrogens with one attached hydrogen (secondary N) is 2. The highest BCUT2D eigenvalue weighted by molar-refractivity contribution is 5.74. The van der Waals surface area contributed by atoms with Crippen molar-refractivity contribution in [1.29, 1.82) is 0 Å². The third-order valence-electron chi connectivity index (χ3n) is 4.49. The van der Waals surface area contributed by atoms with Crippen molar-refractivity contribution in [3.05, 3.63) is 23.7 Å². The first kappa shape index (κ1) is 17.9. The van der Waals surface area contributed by atoms with Crippen LogP contribution in [0.3, 0.4) is 0 Å². The van der Waals surface area contributed by atoms with Crippen molar-refractivity contribution in [2.45, 2.75) is 78.0 Å². The van der Waals surface area contributed by atoms with Crippen LogP contribution in [0.15, 0.2) is 16.5 Å². The molecule has 0 radical (unpaired) electrons. The van der Waals surface area contributed by atoms with E-state index in [0.29, 0.717) is 0 Å². The molecule has 0 saturated heterocycles. The summed E-state index contributed by atoms with van der Waals surface area (Å²) in [6.07, 6.45) is 3.80. The summed E-state index contributed by atoms with van der Waals surface area (Å²) in [6.45, 7) is 8.31. The van der Waals surface area contributed by atoms with Crippen LogP contribution in [0.1, 0.15) is 70.9 Å². The lowest BCUT2D eigenvalue weighted by Gasteiger charge is -2.32. The SMILES string of the molecule is CCc1ccc(C(NC(=O)NC2CCC(O)CC2)C(C)(C)C)o1. The number of hydrogen-bond acceptors (Lipinski definition) is 3. The summed E-state index contributed by atoms with van der Waals surface area (Å²) in [5.41, 5.74) is -0.150. The Morgan fingerprint density at radius 1 is 1.30 bits per heavy atom. The van der Waals surface area contributed by atoms with E-state index in [1.807, 2.05) is 19.1 Å². The Bertz CT molecular complexity index is 511. The average Bonchev–Trinajstić information content (AvgIpc) is 2.94. The highest BCUT2D eigenvalue weighted by Crippen LogP contribution is 2.33. The molecule has 2 amide bonds. The smallest absolute Gasteiger partial charge is 0.315 e. The van der Waals surface area contributed by atoms with Gasteiger partial charge < -0.3 is 20.2 Å². The summed E-state index contributed by atoms with van der Waals surface area (Å²) in [5, 5.41) is 15.6. The first-order valence-corrected chi connectivity index (χ1v) is 8.63. The van der Waals surface area contributed by atoms with Crippen LogP contribution in [0.25, 0.3) is 0 Å². The lowest BCUT2D eigenvalue weighted by Crippen LogP contribution is -2.47. The summed E-state index contributed by atoms with van der Waals surface area (Å²) >= 11 is 0. The minimum Gasteiger partial charge on any atom is -0.464 e. The molecule has 3 N–H and O–H groups in total. The van der Waals surface area contributed by atoms with Gasteiger partial charge >= 0.3 is 6.03 Å². The predicted molar refractivity (Wildman–Crippen MR) is 90.2 cm³/mol. The van der Waals surface area contributed by atoms with Crippen LogP contribution < -0.4 is 10.6 Å². The van der Waals surface area contributed by atoms with Crippen molar-refractivity contribution >= 4 is 6.03 Å². The van der Waals surface area contributed by atoms with E-state index in [2.05, 4.69) is 31.4 Å². The maximum Gasteiger partial charge on any atom is 0.315 e. The van der Waals surface area contributed by atoms with Crippen LogP contribution in [-0.2, 0) is 6.42 Å². The molecule has 1 heterocycles. The number of hydrogen-bond donors (Lipinski definition) is 3. The fourth-order valence-electron chi connectivity index (χ4n) is 3.03. The Hall–Kier alpha value is -1.49. The number of carbonyl (C=O) groups excluding carboxylic acids is 1. The normalized spacial score (nSPS) is 23.3. The number of carbonyl (C=O) groups is 1. The molecule has 130 valence electrons. The molecule has 1 aromatic rings. The first-order chi connectivity index (χ1) is 10.8. The Kier molecular flexibility index (Phi) is 5.74. The van der Waals surface area contributed by atoms with E-state index in [0.717, 1.165) is 43.6 Å². The minimum absolute atomic E-state index is 0.141. The van der Waals surface area contributed by atoms with E-state index in [9.17, 15) is 9.90 Å². The third kappa shape index (κ3) is 4.99. The number of furan rings is 1. The van der Waals surface area contributed by atoms with E-state index >= 15 is 0 Å². The van der Waals surface area contributed by atoms with Crippen LogP contribution >= 0.6 is 0 Å². The monoisotopic (exact) mass is 322 g/mol. The number of aliphatic hydroxyl groups excluding tert-OH is 1. The summed E-state index contributed by atoms with van der Waals surface area (Å²) in [7, 11) is 0. The maximum atomic E-state index is 12.4. The summed E-state index contributed by atoms with van der Waals surface area (Å²) in [4.78, 5) is 12.4. The average molecular weight is 322 g/mol. The molecular formula is C18H30N2O3. The van der Waals surface area contributed by atoms with Gasteiger partial charge in [0.25, 0.3) is 0 Å². The van der Waals surface area contributed by atoms with Crippen LogP contribution in [-0.4, -0.2) is 23.3 Å². The van der Waals surface area contributed by atoms with Crippen molar-refractivity contribution in [1.82, 2.24) is 10.6 Å². The van der Waals surface area contributed by atoms with E-state index in [4.69, 9.17) is 4.42 Å². The predicted octanol–water partition coefficient (Wildman–Crippen LogP) is 3.53. The topological polar surface area (TPSA) is 74.5 Å². The van der Waals surface area contributed by atoms with Crippen LogP contribution in [0, 0.1) is 5.41 Å². The lowest BCUT2D eigenvalue weighted by molar-refractivity contribution is 0.117. The molecule has 1 atom stereocenters. The summed E-state index contributed by atoms with van der Waals surface area (Å²) < 4.78 is 5.85. The number of aliphatic hydroxyl groups is 1. The van der Waals surface area contributed by atoms with E-state index in [1.165, 1.54) is 0 Å². The molecule has 0 aliphatic heterocycles. The molecule has 1 aromatic heterocycles. The van der Waals surface area contributed by atoms with Crippen LogP contribution in [0.4, 0.5) is 4.79 Å². The highest BCUT2D eigenvalue weighted by atomic mass is 16.3. The molecule has 5 heteroatoms. The van der Waals surface area contributed by atoms with Gasteiger partial charge in [0.05, 0.1) is 12.1 Å². The summed E-state index contributed by atoms with van der Waals surface area (Å²) in [5.74, 6) is 1.72. The number of rotatable bonds is 4. The largest absolute Gasteiger partial charge is 0.464 e. The molecule has 2 rings (SSSR count). The van der Waals surface area contributed by atoms with Gasteiger partial charge in [0.2, 0.25) is 0 Å². The number of urea groups is 1. The van der Waals surface area contributed by atoms with Crippen LogP contribution in [0.5, 0.6) is 0 Å². The Morgan fingerprint density at radius 3 is 2.48 bits per heavy atom. The van der Waals surface area contributed by atoms with Gasteiger partial charge in [-0.3, -0.25) is 0 Å². The number of aryl methyl sites for hydroxylation is 1. The molecule has 1 fully saturated rings. The molecular weight excluding hydrogens is 292 g/mol.